The third-order valence-corrected chi connectivity index (χ3v) is 4.24. The molecule has 0 aromatic carbocycles. The van der Waals surface area contributed by atoms with E-state index >= 15 is 0 Å². The van der Waals surface area contributed by atoms with Gasteiger partial charge in [-0.25, -0.2) is 0 Å². The molecule has 5 atom stereocenters. The lowest BCUT2D eigenvalue weighted by molar-refractivity contribution is -0.178. The molecule has 3 rings (SSSR count). The quantitative estimate of drug-likeness (QED) is 0.778. The van der Waals surface area contributed by atoms with Crippen molar-refractivity contribution in [3.63, 3.8) is 0 Å². The van der Waals surface area contributed by atoms with Gasteiger partial charge in [0.2, 0.25) is 0 Å². The fourth-order valence-electron chi connectivity index (χ4n) is 3.54. The van der Waals surface area contributed by atoms with Crippen molar-refractivity contribution < 1.29 is 28.4 Å². The molecule has 3 aliphatic rings. The molecule has 0 bridgehead atoms. The first-order chi connectivity index (χ1) is 9.98. The highest BCUT2D eigenvalue weighted by molar-refractivity contribution is 4.98. The van der Waals surface area contributed by atoms with Crippen molar-refractivity contribution in [1.29, 1.82) is 0 Å². The molecule has 0 amide bonds. The number of hydrogen-bond donors (Lipinski definition) is 0. The van der Waals surface area contributed by atoms with Crippen molar-refractivity contribution in [2.45, 2.75) is 96.3 Å². The Morgan fingerprint density at radius 1 is 0.636 bits per heavy atom. The molecule has 3 aliphatic heterocycles. The largest absolute Gasteiger partial charge is 0.348 e. The van der Waals surface area contributed by atoms with Gasteiger partial charge in [0.1, 0.15) is 24.4 Å². The van der Waals surface area contributed by atoms with Crippen LogP contribution in [-0.4, -0.2) is 54.5 Å². The molecule has 22 heavy (non-hydrogen) atoms. The van der Waals surface area contributed by atoms with Crippen molar-refractivity contribution in [1.82, 2.24) is 0 Å². The summed E-state index contributed by atoms with van der Waals surface area (Å²) in [7, 11) is 0. The van der Waals surface area contributed by atoms with Crippen LogP contribution in [0.1, 0.15) is 48.5 Å². The minimum atomic E-state index is -0.679. The van der Waals surface area contributed by atoms with Crippen LogP contribution in [0.2, 0.25) is 0 Å². The molecule has 6 heteroatoms. The Morgan fingerprint density at radius 3 is 1.68 bits per heavy atom. The van der Waals surface area contributed by atoms with Crippen molar-refractivity contribution in [2.75, 3.05) is 6.61 Å². The number of ether oxygens (including phenoxy) is 6. The molecule has 0 spiro atoms. The standard InChI is InChI=1S/C16H28O6/c1-9-11(20-15(4,5)18-9)13-12(21-16(6,7)22-13)10-8-17-14(2,3)19-10/h9-13H,8H2,1-7H3/t9-,10+,11-,12+,13+/m0/s1. The maximum Gasteiger partial charge on any atom is 0.164 e. The third kappa shape index (κ3) is 3.18. The minimum absolute atomic E-state index is 0.0738. The van der Waals surface area contributed by atoms with Crippen molar-refractivity contribution in [3.05, 3.63) is 0 Å². The van der Waals surface area contributed by atoms with Gasteiger partial charge in [0.15, 0.2) is 17.4 Å². The summed E-state index contributed by atoms with van der Waals surface area (Å²) >= 11 is 0. The van der Waals surface area contributed by atoms with Gasteiger partial charge in [-0.1, -0.05) is 0 Å². The molecule has 0 radical (unpaired) electrons. The van der Waals surface area contributed by atoms with E-state index in [1.54, 1.807) is 0 Å². The van der Waals surface area contributed by atoms with Gasteiger partial charge in [0, 0.05) is 0 Å². The van der Waals surface area contributed by atoms with Gasteiger partial charge >= 0.3 is 0 Å². The molecule has 0 aliphatic carbocycles. The molecule has 3 saturated heterocycles. The predicted octanol–water partition coefficient (Wildman–Crippen LogP) is 2.20. The predicted molar refractivity (Wildman–Crippen MR) is 78.2 cm³/mol. The zero-order valence-electron chi connectivity index (χ0n) is 14.5. The highest BCUT2D eigenvalue weighted by Gasteiger charge is 2.56. The average Bonchev–Trinajstić information content (AvgIpc) is 2.93. The fraction of sp³-hybridized carbons (Fsp3) is 1.00. The summed E-state index contributed by atoms with van der Waals surface area (Å²) in [5.74, 6) is -1.89. The lowest BCUT2D eigenvalue weighted by atomic mass is 10.0. The molecule has 128 valence electrons. The highest BCUT2D eigenvalue weighted by Crippen LogP contribution is 2.41. The normalized spacial score (nSPS) is 46.2. The highest BCUT2D eigenvalue weighted by atomic mass is 16.8. The second-order valence-corrected chi connectivity index (χ2v) is 7.74. The lowest BCUT2D eigenvalue weighted by Gasteiger charge is -2.28. The van der Waals surface area contributed by atoms with Crippen molar-refractivity contribution in [3.8, 4) is 0 Å². The lowest BCUT2D eigenvalue weighted by Crippen LogP contribution is -2.47. The minimum Gasteiger partial charge on any atom is -0.348 e. The van der Waals surface area contributed by atoms with Gasteiger partial charge in [-0.2, -0.15) is 0 Å². The van der Waals surface area contributed by atoms with E-state index < -0.39 is 17.4 Å². The first kappa shape index (κ1) is 16.6. The Balaban J connectivity index is 1.79. The van der Waals surface area contributed by atoms with Crippen LogP contribution in [0.4, 0.5) is 0 Å². The van der Waals surface area contributed by atoms with E-state index in [-0.39, 0.29) is 30.5 Å². The molecular formula is C16H28O6. The second kappa shape index (κ2) is 5.13. The van der Waals surface area contributed by atoms with Crippen LogP contribution in [0.3, 0.4) is 0 Å². The maximum absolute atomic E-state index is 6.13. The Morgan fingerprint density at radius 2 is 1.18 bits per heavy atom. The molecule has 0 N–H and O–H groups in total. The Kier molecular flexibility index (Phi) is 3.87. The summed E-state index contributed by atoms with van der Waals surface area (Å²) in [5.41, 5.74) is 0. The van der Waals surface area contributed by atoms with Crippen LogP contribution in [0, 0.1) is 0 Å². The first-order valence-corrected chi connectivity index (χ1v) is 8.01. The summed E-state index contributed by atoms with van der Waals surface area (Å²) < 4.78 is 35.8. The van der Waals surface area contributed by atoms with E-state index in [1.165, 1.54) is 0 Å². The molecule has 0 aromatic rings. The van der Waals surface area contributed by atoms with Crippen LogP contribution in [-0.2, 0) is 28.4 Å². The molecule has 3 heterocycles. The monoisotopic (exact) mass is 316 g/mol. The van der Waals surface area contributed by atoms with E-state index in [1.807, 2.05) is 48.5 Å². The van der Waals surface area contributed by atoms with Gasteiger partial charge in [-0.3, -0.25) is 0 Å². The molecule has 3 fully saturated rings. The van der Waals surface area contributed by atoms with Crippen molar-refractivity contribution >= 4 is 0 Å². The smallest absolute Gasteiger partial charge is 0.164 e. The topological polar surface area (TPSA) is 55.4 Å². The Labute approximate surface area is 132 Å². The van der Waals surface area contributed by atoms with E-state index in [9.17, 15) is 0 Å². The van der Waals surface area contributed by atoms with E-state index in [0.717, 1.165) is 0 Å². The van der Waals surface area contributed by atoms with E-state index in [0.29, 0.717) is 6.61 Å². The molecular weight excluding hydrogens is 288 g/mol. The van der Waals surface area contributed by atoms with Crippen molar-refractivity contribution in [2.24, 2.45) is 0 Å². The molecule has 0 aromatic heterocycles. The van der Waals surface area contributed by atoms with Gasteiger partial charge < -0.3 is 28.4 Å². The number of rotatable bonds is 2. The zero-order valence-corrected chi connectivity index (χ0v) is 14.5. The molecule has 0 saturated carbocycles. The van der Waals surface area contributed by atoms with Crippen LogP contribution in [0.15, 0.2) is 0 Å². The average molecular weight is 316 g/mol. The fourth-order valence-corrected chi connectivity index (χ4v) is 3.54. The van der Waals surface area contributed by atoms with Gasteiger partial charge in [-0.15, -0.1) is 0 Å². The second-order valence-electron chi connectivity index (χ2n) is 7.74. The SMILES string of the molecule is C[C@@H]1OC(C)(C)O[C@@H]1[C@H]1OC(C)(C)O[C@@H]1[C@H]1COC(C)(C)O1. The van der Waals surface area contributed by atoms with Gasteiger partial charge in [0.05, 0.1) is 12.7 Å². The van der Waals surface area contributed by atoms with Gasteiger partial charge in [-0.05, 0) is 48.5 Å². The summed E-state index contributed by atoms with van der Waals surface area (Å²) in [6.45, 7) is 13.9. The van der Waals surface area contributed by atoms with E-state index in [2.05, 4.69) is 0 Å². The summed E-state index contributed by atoms with van der Waals surface area (Å²) in [6.07, 6.45) is -0.957. The van der Waals surface area contributed by atoms with Crippen LogP contribution in [0.25, 0.3) is 0 Å². The van der Waals surface area contributed by atoms with Crippen LogP contribution < -0.4 is 0 Å². The van der Waals surface area contributed by atoms with Crippen LogP contribution >= 0.6 is 0 Å². The maximum atomic E-state index is 6.13. The van der Waals surface area contributed by atoms with Crippen LogP contribution in [0.5, 0.6) is 0 Å². The molecule has 6 nitrogen and oxygen atoms in total. The third-order valence-electron chi connectivity index (χ3n) is 4.24. The Hall–Kier alpha value is -0.240. The summed E-state index contributed by atoms with van der Waals surface area (Å²) in [5, 5.41) is 0. The first-order valence-electron chi connectivity index (χ1n) is 8.01. The Bertz CT molecular complexity index is 432. The van der Waals surface area contributed by atoms with Gasteiger partial charge in [0.25, 0.3) is 0 Å². The van der Waals surface area contributed by atoms with E-state index in [4.69, 9.17) is 28.4 Å². The zero-order chi connectivity index (χ0) is 16.3. The summed E-state index contributed by atoms with van der Waals surface area (Å²) in [4.78, 5) is 0. The summed E-state index contributed by atoms with van der Waals surface area (Å²) in [6, 6.07) is 0. The molecule has 0 unspecified atom stereocenters. The number of hydrogen-bond acceptors (Lipinski definition) is 6.